The van der Waals surface area contributed by atoms with Crippen molar-refractivity contribution in [2.24, 2.45) is 0 Å². The van der Waals surface area contributed by atoms with Crippen LogP contribution in [-0.2, 0) is 17.8 Å². The monoisotopic (exact) mass is 296 g/mol. The Labute approximate surface area is 125 Å². The first kappa shape index (κ1) is 15.8. The van der Waals surface area contributed by atoms with Crippen molar-refractivity contribution in [3.63, 3.8) is 0 Å². The first-order valence-corrected chi connectivity index (χ1v) is 7.43. The molecule has 1 saturated heterocycles. The molecule has 2 heterocycles. The average molecular weight is 296 g/mol. The number of likely N-dealkylation sites (tertiary alicyclic amines) is 1. The number of aromatic nitrogens is 1. The smallest absolute Gasteiger partial charge is 0.410 e. The summed E-state index contributed by atoms with van der Waals surface area (Å²) in [5.74, 6) is 1.00. The van der Waals surface area contributed by atoms with E-state index in [1.54, 1.807) is 11.1 Å². The van der Waals surface area contributed by atoms with E-state index < -0.39 is 5.60 Å². The third-order valence-electron chi connectivity index (χ3n) is 3.43. The van der Waals surface area contributed by atoms with E-state index in [1.807, 2.05) is 20.8 Å². The third kappa shape index (κ3) is 4.46. The number of aliphatic hydroxyl groups is 1. The van der Waals surface area contributed by atoms with Crippen LogP contribution in [0.5, 0.6) is 0 Å². The summed E-state index contributed by atoms with van der Waals surface area (Å²) in [6.07, 6.45) is 4.96. The molecule has 6 nitrogen and oxygen atoms in total. The van der Waals surface area contributed by atoms with Crippen molar-refractivity contribution in [3.8, 4) is 0 Å². The van der Waals surface area contributed by atoms with Gasteiger partial charge in [0.25, 0.3) is 0 Å². The molecule has 1 amide bonds. The number of carbonyl (C=O) groups is 1. The van der Waals surface area contributed by atoms with Crippen molar-refractivity contribution in [3.05, 3.63) is 17.8 Å². The first-order chi connectivity index (χ1) is 9.89. The number of carbonyl (C=O) groups excluding carboxylic acids is 1. The molecule has 0 radical (unpaired) electrons. The van der Waals surface area contributed by atoms with Crippen LogP contribution >= 0.6 is 0 Å². The van der Waals surface area contributed by atoms with Crippen molar-refractivity contribution in [2.45, 2.75) is 64.7 Å². The zero-order valence-corrected chi connectivity index (χ0v) is 13.0. The molecule has 1 aromatic heterocycles. The Morgan fingerprint density at radius 1 is 1.52 bits per heavy atom. The predicted molar refractivity (Wildman–Crippen MR) is 76.7 cm³/mol. The van der Waals surface area contributed by atoms with Crippen molar-refractivity contribution in [1.29, 1.82) is 0 Å². The zero-order valence-electron chi connectivity index (χ0n) is 13.0. The summed E-state index contributed by atoms with van der Waals surface area (Å²) < 4.78 is 10.9. The van der Waals surface area contributed by atoms with Gasteiger partial charge in [-0.05, 0) is 40.0 Å². The van der Waals surface area contributed by atoms with Crippen LogP contribution in [0, 0.1) is 0 Å². The molecule has 1 aliphatic heterocycles. The van der Waals surface area contributed by atoms with E-state index in [4.69, 9.17) is 14.3 Å². The molecule has 21 heavy (non-hydrogen) atoms. The molecule has 6 heteroatoms. The molecule has 0 bridgehead atoms. The highest BCUT2D eigenvalue weighted by atomic mass is 16.6. The number of piperidine rings is 1. The number of nitrogens with zero attached hydrogens (tertiary/aromatic N) is 2. The summed E-state index contributed by atoms with van der Waals surface area (Å²) >= 11 is 0. The van der Waals surface area contributed by atoms with Crippen LogP contribution in [0.2, 0.25) is 0 Å². The van der Waals surface area contributed by atoms with Crippen LogP contribution in [0.25, 0.3) is 0 Å². The van der Waals surface area contributed by atoms with Crippen LogP contribution in [0.15, 0.2) is 10.6 Å². The van der Waals surface area contributed by atoms with Crippen LogP contribution in [0.1, 0.15) is 51.7 Å². The van der Waals surface area contributed by atoms with Gasteiger partial charge in [0.2, 0.25) is 5.89 Å². The fourth-order valence-electron chi connectivity index (χ4n) is 2.52. The Morgan fingerprint density at radius 3 is 2.90 bits per heavy atom. The van der Waals surface area contributed by atoms with Gasteiger partial charge in [-0.1, -0.05) is 0 Å². The van der Waals surface area contributed by atoms with Gasteiger partial charge in [0.1, 0.15) is 18.0 Å². The van der Waals surface area contributed by atoms with Gasteiger partial charge in [0.15, 0.2) is 0 Å². The topological polar surface area (TPSA) is 75.8 Å². The van der Waals surface area contributed by atoms with Crippen LogP contribution in [0.3, 0.4) is 0 Å². The maximum atomic E-state index is 12.3. The maximum absolute atomic E-state index is 12.3. The van der Waals surface area contributed by atoms with Gasteiger partial charge < -0.3 is 19.2 Å². The predicted octanol–water partition coefficient (Wildman–Crippen LogP) is 2.50. The Morgan fingerprint density at radius 2 is 2.29 bits per heavy atom. The number of rotatable bonds is 3. The third-order valence-corrected chi connectivity index (χ3v) is 3.43. The number of oxazole rings is 1. The minimum atomic E-state index is -0.491. The number of ether oxygens (including phenoxy) is 1. The molecule has 1 unspecified atom stereocenters. The lowest BCUT2D eigenvalue weighted by molar-refractivity contribution is 0.00938. The lowest BCUT2D eigenvalue weighted by Crippen LogP contribution is -2.47. The number of hydrogen-bond acceptors (Lipinski definition) is 5. The molecule has 1 atom stereocenters. The lowest BCUT2D eigenvalue weighted by atomic mass is 9.99. The number of amides is 1. The molecular weight excluding hydrogens is 272 g/mol. The number of hydrogen-bond donors (Lipinski definition) is 1. The van der Waals surface area contributed by atoms with E-state index in [-0.39, 0.29) is 18.7 Å². The molecule has 1 aliphatic rings. The number of aliphatic hydroxyl groups excluding tert-OH is 1. The highest BCUT2D eigenvalue weighted by Crippen LogP contribution is 2.23. The van der Waals surface area contributed by atoms with Crippen LogP contribution in [0.4, 0.5) is 4.79 Å². The van der Waals surface area contributed by atoms with Crippen molar-refractivity contribution in [2.75, 3.05) is 6.54 Å². The summed E-state index contributed by atoms with van der Waals surface area (Å²) in [5, 5.41) is 8.98. The molecular formula is C15H24N2O4. The van der Waals surface area contributed by atoms with E-state index in [0.29, 0.717) is 24.6 Å². The SMILES string of the molecule is CC(C)(C)OC(=O)N1CCCCC1Cc1cnc(CO)o1. The summed E-state index contributed by atoms with van der Waals surface area (Å²) in [6, 6.07) is 0.0630. The minimum absolute atomic E-state index is 0.0630. The molecule has 0 aliphatic carbocycles. The zero-order chi connectivity index (χ0) is 15.5. The van der Waals surface area contributed by atoms with Crippen molar-refractivity contribution >= 4 is 6.09 Å². The van der Waals surface area contributed by atoms with Gasteiger partial charge in [-0.2, -0.15) is 0 Å². The van der Waals surface area contributed by atoms with E-state index in [2.05, 4.69) is 4.98 Å². The van der Waals surface area contributed by atoms with E-state index in [1.165, 1.54) is 0 Å². The minimum Gasteiger partial charge on any atom is -0.444 e. The molecule has 1 N–H and O–H groups in total. The second-order valence-electron chi connectivity index (χ2n) is 6.41. The molecule has 0 saturated carbocycles. The van der Waals surface area contributed by atoms with Gasteiger partial charge in [-0.3, -0.25) is 0 Å². The van der Waals surface area contributed by atoms with Gasteiger partial charge in [0.05, 0.1) is 6.20 Å². The fourth-order valence-corrected chi connectivity index (χ4v) is 2.52. The van der Waals surface area contributed by atoms with Crippen molar-refractivity contribution < 1.29 is 19.1 Å². The van der Waals surface area contributed by atoms with Crippen LogP contribution in [-0.4, -0.2) is 39.3 Å². The molecule has 0 spiro atoms. The average Bonchev–Trinajstić information content (AvgIpc) is 2.85. The summed E-state index contributed by atoms with van der Waals surface area (Å²) in [5.41, 5.74) is -0.491. The highest BCUT2D eigenvalue weighted by molar-refractivity contribution is 5.68. The maximum Gasteiger partial charge on any atom is 0.410 e. The first-order valence-electron chi connectivity index (χ1n) is 7.43. The fraction of sp³-hybridized carbons (Fsp3) is 0.733. The second-order valence-corrected chi connectivity index (χ2v) is 6.41. The van der Waals surface area contributed by atoms with Gasteiger partial charge in [0, 0.05) is 19.0 Å². The quantitative estimate of drug-likeness (QED) is 0.927. The molecule has 2 rings (SSSR count). The van der Waals surface area contributed by atoms with Crippen molar-refractivity contribution in [1.82, 2.24) is 9.88 Å². The van der Waals surface area contributed by atoms with E-state index in [0.717, 1.165) is 19.3 Å². The Balaban J connectivity index is 2.02. The summed E-state index contributed by atoms with van der Waals surface area (Å²) in [7, 11) is 0. The molecule has 0 aromatic carbocycles. The second kappa shape index (κ2) is 6.47. The summed E-state index contributed by atoms with van der Waals surface area (Å²) in [6.45, 7) is 6.11. The largest absolute Gasteiger partial charge is 0.444 e. The van der Waals surface area contributed by atoms with Gasteiger partial charge >= 0.3 is 6.09 Å². The Hall–Kier alpha value is -1.56. The normalized spacial score (nSPS) is 19.6. The van der Waals surface area contributed by atoms with E-state index in [9.17, 15) is 4.79 Å². The lowest BCUT2D eigenvalue weighted by Gasteiger charge is -2.36. The molecule has 1 aromatic rings. The van der Waals surface area contributed by atoms with E-state index >= 15 is 0 Å². The van der Waals surface area contributed by atoms with Gasteiger partial charge in [-0.15, -0.1) is 0 Å². The Kier molecular flexibility index (Phi) is 4.88. The standard InChI is InChI=1S/C15H24N2O4/c1-15(2,3)21-14(19)17-7-5-4-6-11(17)8-12-9-16-13(10-18)20-12/h9,11,18H,4-8,10H2,1-3H3. The van der Waals surface area contributed by atoms with Gasteiger partial charge in [-0.25, -0.2) is 9.78 Å². The molecule has 1 fully saturated rings. The summed E-state index contributed by atoms with van der Waals surface area (Å²) in [4.78, 5) is 18.1. The Bertz CT molecular complexity index is 478. The van der Waals surface area contributed by atoms with Crippen LogP contribution < -0.4 is 0 Å². The molecule has 118 valence electrons. The highest BCUT2D eigenvalue weighted by Gasteiger charge is 2.31.